The van der Waals surface area contributed by atoms with Crippen molar-refractivity contribution in [2.45, 2.75) is 6.54 Å². The van der Waals surface area contributed by atoms with E-state index in [1.54, 1.807) is 23.9 Å². The number of fused-ring (bicyclic) bond motifs is 1. The zero-order valence-corrected chi connectivity index (χ0v) is 14.7. The van der Waals surface area contributed by atoms with Crippen LogP contribution in [-0.2, 0) is 6.54 Å². The number of aromatic nitrogens is 3. The van der Waals surface area contributed by atoms with Crippen LogP contribution in [0.4, 0.5) is 5.95 Å². The van der Waals surface area contributed by atoms with Gasteiger partial charge < -0.3 is 14.1 Å². The first kappa shape index (κ1) is 16.6. The molecular formula is C18H21N5O3. The SMILES string of the molecule is COc1ccnc(N2CCN(CCn3c(=O)oc4ccccc43)CC2)n1. The van der Waals surface area contributed by atoms with Crippen LogP contribution in [-0.4, -0.2) is 59.3 Å². The van der Waals surface area contributed by atoms with Gasteiger partial charge in [-0.2, -0.15) is 4.98 Å². The minimum absolute atomic E-state index is 0.297. The van der Waals surface area contributed by atoms with Crippen LogP contribution < -0.4 is 15.4 Å². The number of para-hydroxylation sites is 2. The van der Waals surface area contributed by atoms with Crippen LogP contribution in [0.3, 0.4) is 0 Å². The Bertz CT molecular complexity index is 943. The van der Waals surface area contributed by atoms with Gasteiger partial charge in [-0.3, -0.25) is 9.47 Å². The molecule has 0 radical (unpaired) electrons. The molecule has 0 spiro atoms. The summed E-state index contributed by atoms with van der Waals surface area (Å²) in [4.78, 5) is 25.3. The van der Waals surface area contributed by atoms with Crippen molar-refractivity contribution in [3.63, 3.8) is 0 Å². The van der Waals surface area contributed by atoms with Crippen LogP contribution in [0, 0.1) is 0 Å². The highest BCUT2D eigenvalue weighted by Crippen LogP contribution is 2.15. The number of hydrogen-bond donors (Lipinski definition) is 0. The van der Waals surface area contributed by atoms with E-state index in [1.807, 2.05) is 24.3 Å². The van der Waals surface area contributed by atoms with Crippen molar-refractivity contribution in [2.24, 2.45) is 0 Å². The van der Waals surface area contributed by atoms with Crippen molar-refractivity contribution in [1.82, 2.24) is 19.4 Å². The highest BCUT2D eigenvalue weighted by Gasteiger charge is 2.20. The van der Waals surface area contributed by atoms with E-state index in [9.17, 15) is 4.79 Å². The maximum absolute atomic E-state index is 12.0. The van der Waals surface area contributed by atoms with Crippen LogP contribution in [0.5, 0.6) is 5.88 Å². The van der Waals surface area contributed by atoms with Gasteiger partial charge in [0.25, 0.3) is 0 Å². The molecule has 1 fully saturated rings. The summed E-state index contributed by atoms with van der Waals surface area (Å²) in [5.41, 5.74) is 1.48. The third-order valence-electron chi connectivity index (χ3n) is 4.70. The Morgan fingerprint density at radius 2 is 1.92 bits per heavy atom. The summed E-state index contributed by atoms with van der Waals surface area (Å²) >= 11 is 0. The van der Waals surface area contributed by atoms with Gasteiger partial charge in [0.15, 0.2) is 5.58 Å². The van der Waals surface area contributed by atoms with E-state index in [-0.39, 0.29) is 5.76 Å². The van der Waals surface area contributed by atoms with Crippen molar-refractivity contribution in [1.29, 1.82) is 0 Å². The molecule has 0 saturated carbocycles. The lowest BCUT2D eigenvalue weighted by Crippen LogP contribution is -2.48. The van der Waals surface area contributed by atoms with Gasteiger partial charge in [-0.25, -0.2) is 9.78 Å². The van der Waals surface area contributed by atoms with E-state index in [0.717, 1.165) is 38.2 Å². The van der Waals surface area contributed by atoms with Crippen molar-refractivity contribution in [3.05, 3.63) is 47.1 Å². The Hall–Kier alpha value is -2.87. The monoisotopic (exact) mass is 355 g/mol. The Morgan fingerprint density at radius 3 is 2.73 bits per heavy atom. The first-order chi connectivity index (χ1) is 12.7. The van der Waals surface area contributed by atoms with Crippen LogP contribution in [0.25, 0.3) is 11.1 Å². The summed E-state index contributed by atoms with van der Waals surface area (Å²) in [6.45, 7) is 4.89. The van der Waals surface area contributed by atoms with Crippen molar-refractivity contribution < 1.29 is 9.15 Å². The fourth-order valence-corrected chi connectivity index (χ4v) is 3.24. The largest absolute Gasteiger partial charge is 0.481 e. The normalized spacial score (nSPS) is 15.5. The summed E-state index contributed by atoms with van der Waals surface area (Å²) in [5, 5.41) is 0. The summed E-state index contributed by atoms with van der Waals surface area (Å²) in [5.74, 6) is 0.972. The van der Waals surface area contributed by atoms with Crippen molar-refractivity contribution in [3.8, 4) is 5.88 Å². The highest BCUT2D eigenvalue weighted by atomic mass is 16.5. The molecule has 0 unspecified atom stereocenters. The Kier molecular flexibility index (Phi) is 4.57. The Balaban J connectivity index is 1.36. The fourth-order valence-electron chi connectivity index (χ4n) is 3.24. The van der Waals surface area contributed by atoms with Gasteiger partial charge in [0.05, 0.1) is 12.6 Å². The molecule has 0 atom stereocenters. The van der Waals surface area contributed by atoms with E-state index < -0.39 is 0 Å². The number of anilines is 1. The molecule has 8 heteroatoms. The molecule has 0 N–H and O–H groups in total. The first-order valence-electron chi connectivity index (χ1n) is 8.67. The number of nitrogens with zero attached hydrogens (tertiary/aromatic N) is 5. The molecule has 0 aliphatic carbocycles. The standard InChI is InChI=1S/C18H21N5O3/c1-25-16-6-7-19-17(20-16)22-11-8-21(9-12-22)10-13-23-14-4-2-3-5-15(14)26-18(23)24/h2-7H,8-13H2,1H3. The van der Waals surface area contributed by atoms with E-state index >= 15 is 0 Å². The summed E-state index contributed by atoms with van der Waals surface area (Å²) in [7, 11) is 1.60. The van der Waals surface area contributed by atoms with Gasteiger partial charge in [0.1, 0.15) is 0 Å². The molecule has 1 aromatic carbocycles. The first-order valence-corrected chi connectivity index (χ1v) is 8.67. The molecule has 1 aliphatic rings. The quantitative estimate of drug-likeness (QED) is 0.681. The molecule has 8 nitrogen and oxygen atoms in total. The third-order valence-corrected chi connectivity index (χ3v) is 4.70. The van der Waals surface area contributed by atoms with Crippen molar-refractivity contribution >= 4 is 17.0 Å². The molecule has 26 heavy (non-hydrogen) atoms. The second kappa shape index (κ2) is 7.17. The van der Waals surface area contributed by atoms with E-state index in [1.165, 1.54) is 0 Å². The number of rotatable bonds is 5. The van der Waals surface area contributed by atoms with Crippen LogP contribution in [0.1, 0.15) is 0 Å². The van der Waals surface area contributed by atoms with Crippen molar-refractivity contribution in [2.75, 3.05) is 44.7 Å². The smallest absolute Gasteiger partial charge is 0.419 e. The van der Waals surface area contributed by atoms with Crippen LogP contribution >= 0.6 is 0 Å². The van der Waals surface area contributed by atoms with Crippen LogP contribution in [0.2, 0.25) is 0 Å². The third kappa shape index (κ3) is 3.28. The molecule has 0 bridgehead atoms. The van der Waals surface area contributed by atoms with Gasteiger partial charge >= 0.3 is 5.76 Å². The number of ether oxygens (including phenoxy) is 1. The van der Waals surface area contributed by atoms with Gasteiger partial charge in [0.2, 0.25) is 11.8 Å². The van der Waals surface area contributed by atoms with Gasteiger partial charge in [-0.1, -0.05) is 12.1 Å². The van der Waals surface area contributed by atoms with E-state index in [0.29, 0.717) is 24.0 Å². The van der Waals surface area contributed by atoms with Gasteiger partial charge in [-0.05, 0) is 12.1 Å². The molecule has 1 saturated heterocycles. The molecule has 2 aromatic heterocycles. The molecule has 4 rings (SSSR count). The minimum atomic E-state index is -0.297. The summed E-state index contributed by atoms with van der Waals surface area (Å²) < 4.78 is 12.2. The Labute approximate surface area is 150 Å². The Morgan fingerprint density at radius 1 is 1.12 bits per heavy atom. The summed E-state index contributed by atoms with van der Waals surface area (Å²) in [6.07, 6.45) is 1.71. The molecule has 136 valence electrons. The molecule has 0 amide bonds. The summed E-state index contributed by atoms with van der Waals surface area (Å²) in [6, 6.07) is 9.27. The average Bonchev–Trinajstić information content (AvgIpc) is 3.02. The van der Waals surface area contributed by atoms with Crippen LogP contribution in [0.15, 0.2) is 45.7 Å². The second-order valence-corrected chi connectivity index (χ2v) is 6.22. The molecular weight excluding hydrogens is 334 g/mol. The average molecular weight is 355 g/mol. The topological polar surface area (TPSA) is 76.6 Å². The highest BCUT2D eigenvalue weighted by molar-refractivity contribution is 5.72. The maximum Gasteiger partial charge on any atom is 0.419 e. The molecule has 1 aliphatic heterocycles. The lowest BCUT2D eigenvalue weighted by molar-refractivity contribution is 0.245. The van der Waals surface area contributed by atoms with E-state index in [4.69, 9.17) is 9.15 Å². The number of hydrogen-bond acceptors (Lipinski definition) is 7. The zero-order valence-electron chi connectivity index (χ0n) is 14.7. The molecule has 3 heterocycles. The van der Waals surface area contributed by atoms with Gasteiger partial charge in [0, 0.05) is 51.5 Å². The second-order valence-electron chi connectivity index (χ2n) is 6.22. The predicted molar refractivity (Wildman–Crippen MR) is 97.7 cm³/mol. The zero-order chi connectivity index (χ0) is 17.9. The number of oxazole rings is 1. The number of benzene rings is 1. The number of methoxy groups -OCH3 is 1. The lowest BCUT2D eigenvalue weighted by Gasteiger charge is -2.34. The maximum atomic E-state index is 12.0. The van der Waals surface area contributed by atoms with E-state index in [2.05, 4.69) is 19.8 Å². The minimum Gasteiger partial charge on any atom is -0.481 e. The predicted octanol–water partition coefficient (Wildman–Crippen LogP) is 1.22. The van der Waals surface area contributed by atoms with Gasteiger partial charge in [-0.15, -0.1) is 0 Å². The fraction of sp³-hybridized carbons (Fsp3) is 0.389. The number of piperazine rings is 1. The molecule has 3 aromatic rings. The lowest BCUT2D eigenvalue weighted by atomic mass is 10.3.